The van der Waals surface area contributed by atoms with Crippen molar-refractivity contribution in [2.24, 2.45) is 0 Å². The lowest BCUT2D eigenvalue weighted by Gasteiger charge is -2.12. The van der Waals surface area contributed by atoms with Gasteiger partial charge in [0.1, 0.15) is 5.82 Å². The van der Waals surface area contributed by atoms with Crippen LogP contribution in [0.4, 0.5) is 4.39 Å². The van der Waals surface area contributed by atoms with Crippen molar-refractivity contribution in [1.82, 2.24) is 5.32 Å². The van der Waals surface area contributed by atoms with Crippen molar-refractivity contribution in [3.05, 3.63) is 64.9 Å². The normalized spacial score (nSPS) is 12.0. The summed E-state index contributed by atoms with van der Waals surface area (Å²) in [6.07, 6.45) is 0.798. The second-order valence-corrected chi connectivity index (χ2v) is 6.68. The van der Waals surface area contributed by atoms with Gasteiger partial charge >= 0.3 is 0 Å². The van der Waals surface area contributed by atoms with Gasteiger partial charge in [0.25, 0.3) is 0 Å². The van der Waals surface area contributed by atoms with Crippen LogP contribution in [0.1, 0.15) is 12.5 Å². The molecule has 2 rings (SSSR count). The molecule has 0 aromatic heterocycles. The summed E-state index contributed by atoms with van der Waals surface area (Å²) < 4.78 is 13.1. The maximum absolute atomic E-state index is 13.1. The molecule has 0 heterocycles. The molecule has 0 bridgehead atoms. The number of benzene rings is 2. The second-order valence-electron chi connectivity index (χ2n) is 4.86. The molecule has 0 spiro atoms. The largest absolute Gasteiger partial charge is 0.355 e. The minimum absolute atomic E-state index is 0.0404. The van der Waals surface area contributed by atoms with Gasteiger partial charge in [-0.1, -0.05) is 41.9 Å². The van der Waals surface area contributed by atoms with Gasteiger partial charge in [0, 0.05) is 11.4 Å². The number of rotatable bonds is 6. The predicted molar refractivity (Wildman–Crippen MR) is 89.9 cm³/mol. The van der Waals surface area contributed by atoms with Crippen LogP contribution in [-0.2, 0) is 11.2 Å². The Morgan fingerprint density at radius 1 is 1.27 bits per heavy atom. The standard InChI is InChI=1S/C17H17ClFNOS/c1-12(22-14-7-8-16(19)15(18)11-14)17(21)20-10-9-13-5-3-2-4-6-13/h2-8,11-12H,9-10H2,1H3,(H,20,21)/t12-/m0/s1. The second kappa shape index (κ2) is 8.20. The van der Waals surface area contributed by atoms with Crippen molar-refractivity contribution < 1.29 is 9.18 Å². The summed E-state index contributed by atoms with van der Waals surface area (Å²) in [4.78, 5) is 12.8. The van der Waals surface area contributed by atoms with Gasteiger partial charge in [-0.05, 0) is 37.1 Å². The molecule has 1 amide bonds. The molecule has 1 atom stereocenters. The van der Waals surface area contributed by atoms with Crippen LogP contribution in [0.15, 0.2) is 53.4 Å². The van der Waals surface area contributed by atoms with Crippen molar-refractivity contribution in [3.63, 3.8) is 0 Å². The Kier molecular flexibility index (Phi) is 6.28. The molecule has 0 unspecified atom stereocenters. The molecule has 22 heavy (non-hydrogen) atoms. The third-order valence-corrected chi connectivity index (χ3v) is 4.51. The summed E-state index contributed by atoms with van der Waals surface area (Å²) in [6, 6.07) is 14.5. The van der Waals surface area contributed by atoms with Gasteiger partial charge < -0.3 is 5.32 Å². The Morgan fingerprint density at radius 3 is 2.68 bits per heavy atom. The van der Waals surface area contributed by atoms with Gasteiger partial charge in [0.2, 0.25) is 5.91 Å². The summed E-state index contributed by atoms with van der Waals surface area (Å²) in [7, 11) is 0. The molecular weight excluding hydrogens is 321 g/mol. The van der Waals surface area contributed by atoms with E-state index in [0.29, 0.717) is 6.54 Å². The summed E-state index contributed by atoms with van der Waals surface area (Å²) >= 11 is 7.10. The summed E-state index contributed by atoms with van der Waals surface area (Å²) in [5, 5.41) is 2.71. The van der Waals surface area contributed by atoms with Crippen LogP contribution < -0.4 is 5.32 Å². The Bertz CT molecular complexity index is 636. The Balaban J connectivity index is 1.80. The van der Waals surface area contributed by atoms with Crippen LogP contribution in [0.5, 0.6) is 0 Å². The molecule has 1 N–H and O–H groups in total. The zero-order valence-corrected chi connectivity index (χ0v) is 13.8. The van der Waals surface area contributed by atoms with E-state index in [1.165, 1.54) is 29.5 Å². The molecule has 5 heteroatoms. The first-order valence-corrected chi connectivity index (χ1v) is 8.25. The Hall–Kier alpha value is -1.52. The lowest BCUT2D eigenvalue weighted by molar-refractivity contribution is -0.120. The SMILES string of the molecule is C[C@H](Sc1ccc(F)c(Cl)c1)C(=O)NCCc1ccccc1. The minimum atomic E-state index is -0.453. The molecule has 2 aromatic carbocycles. The lowest BCUT2D eigenvalue weighted by atomic mass is 10.1. The first-order chi connectivity index (χ1) is 10.6. The van der Waals surface area contributed by atoms with E-state index in [4.69, 9.17) is 11.6 Å². The van der Waals surface area contributed by atoms with E-state index in [1.54, 1.807) is 6.07 Å². The zero-order valence-electron chi connectivity index (χ0n) is 12.2. The summed E-state index contributed by atoms with van der Waals surface area (Å²) in [5.74, 6) is -0.493. The molecule has 0 aliphatic carbocycles. The average molecular weight is 338 g/mol. The van der Waals surface area contributed by atoms with Crippen LogP contribution in [-0.4, -0.2) is 17.7 Å². The van der Waals surface area contributed by atoms with E-state index in [0.717, 1.165) is 11.3 Å². The van der Waals surface area contributed by atoms with Crippen molar-refractivity contribution in [2.45, 2.75) is 23.5 Å². The van der Waals surface area contributed by atoms with Gasteiger partial charge in [-0.15, -0.1) is 11.8 Å². The van der Waals surface area contributed by atoms with Crippen molar-refractivity contribution in [1.29, 1.82) is 0 Å². The van der Waals surface area contributed by atoms with E-state index in [-0.39, 0.29) is 16.2 Å². The van der Waals surface area contributed by atoms with Gasteiger partial charge in [-0.2, -0.15) is 0 Å². The highest BCUT2D eigenvalue weighted by atomic mass is 35.5. The smallest absolute Gasteiger partial charge is 0.233 e. The van der Waals surface area contributed by atoms with Crippen LogP contribution in [0.2, 0.25) is 5.02 Å². The van der Waals surface area contributed by atoms with Crippen LogP contribution in [0.3, 0.4) is 0 Å². The summed E-state index contributed by atoms with van der Waals surface area (Å²) in [5.41, 5.74) is 1.19. The fourth-order valence-corrected chi connectivity index (χ4v) is 3.10. The van der Waals surface area contributed by atoms with Crippen molar-refractivity contribution in [2.75, 3.05) is 6.54 Å². The lowest BCUT2D eigenvalue weighted by Crippen LogP contribution is -2.32. The highest BCUT2D eigenvalue weighted by Gasteiger charge is 2.14. The number of halogens is 2. The number of nitrogens with one attached hydrogen (secondary N) is 1. The Labute approximate surface area is 139 Å². The van der Waals surface area contributed by atoms with Gasteiger partial charge in [-0.3, -0.25) is 4.79 Å². The number of hydrogen-bond donors (Lipinski definition) is 1. The molecular formula is C17H17ClFNOS. The first-order valence-electron chi connectivity index (χ1n) is 6.99. The molecule has 2 aromatic rings. The molecule has 0 fully saturated rings. The highest BCUT2D eigenvalue weighted by molar-refractivity contribution is 8.00. The number of carbonyl (C=O) groups excluding carboxylic acids is 1. The maximum Gasteiger partial charge on any atom is 0.233 e. The molecule has 0 aliphatic heterocycles. The Morgan fingerprint density at radius 2 is 2.00 bits per heavy atom. The fourth-order valence-electron chi connectivity index (χ4n) is 1.93. The fraction of sp³-hybridized carbons (Fsp3) is 0.235. The number of carbonyl (C=O) groups is 1. The molecule has 0 aliphatic rings. The summed E-state index contributed by atoms with van der Waals surface area (Å²) in [6.45, 7) is 2.41. The van der Waals surface area contributed by atoms with E-state index in [2.05, 4.69) is 5.32 Å². The quantitative estimate of drug-likeness (QED) is 0.795. The third kappa shape index (κ3) is 5.04. The van der Waals surface area contributed by atoms with E-state index < -0.39 is 5.82 Å². The molecule has 116 valence electrons. The molecule has 0 saturated carbocycles. The first kappa shape index (κ1) is 16.8. The number of hydrogen-bond acceptors (Lipinski definition) is 2. The van der Waals surface area contributed by atoms with Gasteiger partial charge in [0.05, 0.1) is 10.3 Å². The highest BCUT2D eigenvalue weighted by Crippen LogP contribution is 2.27. The maximum atomic E-state index is 13.1. The third-order valence-electron chi connectivity index (χ3n) is 3.13. The number of amides is 1. The topological polar surface area (TPSA) is 29.1 Å². The van der Waals surface area contributed by atoms with Crippen molar-refractivity contribution in [3.8, 4) is 0 Å². The van der Waals surface area contributed by atoms with E-state index >= 15 is 0 Å². The number of thioether (sulfide) groups is 1. The predicted octanol–water partition coefficient (Wildman–Crippen LogP) is 4.32. The molecule has 0 radical (unpaired) electrons. The van der Waals surface area contributed by atoms with Gasteiger partial charge in [-0.25, -0.2) is 4.39 Å². The van der Waals surface area contributed by atoms with Gasteiger partial charge in [0.15, 0.2) is 0 Å². The van der Waals surface area contributed by atoms with Crippen LogP contribution >= 0.6 is 23.4 Å². The van der Waals surface area contributed by atoms with Crippen molar-refractivity contribution >= 4 is 29.3 Å². The van der Waals surface area contributed by atoms with E-state index in [1.807, 2.05) is 37.3 Å². The monoisotopic (exact) mass is 337 g/mol. The van der Waals surface area contributed by atoms with E-state index in [9.17, 15) is 9.18 Å². The molecule has 2 nitrogen and oxygen atoms in total. The van der Waals surface area contributed by atoms with Crippen LogP contribution in [0, 0.1) is 5.82 Å². The van der Waals surface area contributed by atoms with Crippen LogP contribution in [0.25, 0.3) is 0 Å². The zero-order chi connectivity index (χ0) is 15.9. The average Bonchev–Trinajstić information content (AvgIpc) is 2.52. The minimum Gasteiger partial charge on any atom is -0.355 e. The molecule has 0 saturated heterocycles.